The Kier molecular flexibility index (Phi) is 4.73. The summed E-state index contributed by atoms with van der Waals surface area (Å²) in [6.07, 6.45) is 4.92. The van der Waals surface area contributed by atoms with Gasteiger partial charge in [-0.25, -0.2) is 5.84 Å². The van der Waals surface area contributed by atoms with E-state index < -0.39 is 0 Å². The lowest BCUT2D eigenvalue weighted by Crippen LogP contribution is -2.35. The van der Waals surface area contributed by atoms with Crippen LogP contribution in [0.5, 0.6) is 6.01 Å². The lowest BCUT2D eigenvalue weighted by atomic mass is 10.2. The first-order valence-electron chi connectivity index (χ1n) is 6.90. The summed E-state index contributed by atoms with van der Waals surface area (Å²) in [6.45, 7) is 5.39. The zero-order valence-electron chi connectivity index (χ0n) is 11.6. The minimum absolute atomic E-state index is 0.317. The first-order chi connectivity index (χ1) is 9.28. The maximum Gasteiger partial charge on any atom is 0.323 e. The van der Waals surface area contributed by atoms with Gasteiger partial charge in [0.05, 0.1) is 6.61 Å². The second-order valence-electron chi connectivity index (χ2n) is 4.54. The molecule has 1 aliphatic rings. The predicted octanol–water partition coefficient (Wildman–Crippen LogP) is 1.32. The molecule has 1 fully saturated rings. The molecule has 3 N–H and O–H groups in total. The van der Waals surface area contributed by atoms with Gasteiger partial charge in [-0.05, 0) is 26.7 Å². The number of anilines is 2. The second-order valence-corrected chi connectivity index (χ2v) is 4.54. The molecular formula is C12H22N6O. The van der Waals surface area contributed by atoms with Gasteiger partial charge in [-0.3, -0.25) is 5.43 Å². The Morgan fingerprint density at radius 1 is 1.26 bits per heavy atom. The largest absolute Gasteiger partial charge is 0.464 e. The van der Waals surface area contributed by atoms with E-state index in [4.69, 9.17) is 10.6 Å². The van der Waals surface area contributed by atoms with Crippen molar-refractivity contribution >= 4 is 11.9 Å². The van der Waals surface area contributed by atoms with Crippen LogP contribution in [-0.4, -0.2) is 34.1 Å². The van der Waals surface area contributed by atoms with Gasteiger partial charge in [0.1, 0.15) is 0 Å². The van der Waals surface area contributed by atoms with Crippen LogP contribution in [0, 0.1) is 0 Å². The third kappa shape index (κ3) is 3.23. The fraction of sp³-hybridized carbons (Fsp3) is 0.750. The summed E-state index contributed by atoms with van der Waals surface area (Å²) in [5.74, 6) is 6.38. The zero-order chi connectivity index (χ0) is 13.7. The Hall–Kier alpha value is -1.63. The topological polar surface area (TPSA) is 89.2 Å². The fourth-order valence-corrected chi connectivity index (χ4v) is 2.51. The molecule has 1 aliphatic carbocycles. The molecule has 0 radical (unpaired) electrons. The number of hydrogen-bond donors (Lipinski definition) is 2. The third-order valence-electron chi connectivity index (χ3n) is 3.37. The number of rotatable bonds is 6. The Bertz CT molecular complexity index is 407. The molecule has 0 atom stereocenters. The van der Waals surface area contributed by atoms with Gasteiger partial charge in [0.2, 0.25) is 11.9 Å². The van der Waals surface area contributed by atoms with Crippen molar-refractivity contribution in [2.24, 2.45) is 5.84 Å². The summed E-state index contributed by atoms with van der Waals surface area (Å²) in [4.78, 5) is 15.0. The highest BCUT2D eigenvalue weighted by Gasteiger charge is 2.24. The van der Waals surface area contributed by atoms with Crippen LogP contribution in [0.4, 0.5) is 11.9 Å². The zero-order valence-corrected chi connectivity index (χ0v) is 11.6. The average molecular weight is 266 g/mol. The van der Waals surface area contributed by atoms with Gasteiger partial charge < -0.3 is 9.64 Å². The highest BCUT2D eigenvalue weighted by Crippen LogP contribution is 2.27. The van der Waals surface area contributed by atoms with E-state index in [2.05, 4.69) is 32.2 Å². The van der Waals surface area contributed by atoms with Gasteiger partial charge in [0, 0.05) is 12.6 Å². The van der Waals surface area contributed by atoms with Gasteiger partial charge in [-0.1, -0.05) is 12.8 Å². The third-order valence-corrected chi connectivity index (χ3v) is 3.37. The van der Waals surface area contributed by atoms with E-state index in [0.717, 1.165) is 6.54 Å². The monoisotopic (exact) mass is 266 g/mol. The Morgan fingerprint density at radius 2 is 2.00 bits per heavy atom. The van der Waals surface area contributed by atoms with E-state index in [9.17, 15) is 0 Å². The SMILES string of the molecule is CCOc1nc(NN)nc(N(CC)C2CCCC2)n1. The van der Waals surface area contributed by atoms with Crippen LogP contribution in [0.25, 0.3) is 0 Å². The lowest BCUT2D eigenvalue weighted by molar-refractivity contribution is 0.311. The minimum atomic E-state index is 0.317. The first-order valence-corrected chi connectivity index (χ1v) is 6.90. The molecule has 19 heavy (non-hydrogen) atoms. The molecule has 1 aromatic rings. The van der Waals surface area contributed by atoms with Crippen LogP contribution in [-0.2, 0) is 0 Å². The van der Waals surface area contributed by atoms with Crippen LogP contribution in [0.3, 0.4) is 0 Å². The van der Waals surface area contributed by atoms with Crippen LogP contribution in [0.1, 0.15) is 39.5 Å². The van der Waals surface area contributed by atoms with Gasteiger partial charge in [-0.2, -0.15) is 15.0 Å². The smallest absolute Gasteiger partial charge is 0.323 e. The van der Waals surface area contributed by atoms with Crippen LogP contribution < -0.4 is 20.9 Å². The standard InChI is InChI=1S/C12H22N6O/c1-3-18(9-7-5-6-8-9)11-14-10(17-13)15-12(16-11)19-4-2/h9H,3-8,13H2,1-2H3,(H,14,15,16,17). The number of nitrogens with one attached hydrogen (secondary N) is 1. The van der Waals surface area contributed by atoms with E-state index in [-0.39, 0.29) is 0 Å². The lowest BCUT2D eigenvalue weighted by Gasteiger charge is -2.27. The number of hydrazine groups is 1. The Labute approximate surface area is 113 Å². The number of nitrogen functional groups attached to an aromatic ring is 1. The highest BCUT2D eigenvalue weighted by molar-refractivity contribution is 5.39. The molecule has 0 aromatic carbocycles. The van der Waals surface area contributed by atoms with Crippen molar-refractivity contribution in [1.82, 2.24) is 15.0 Å². The van der Waals surface area contributed by atoms with Gasteiger partial charge in [-0.15, -0.1) is 0 Å². The Morgan fingerprint density at radius 3 is 2.58 bits per heavy atom. The molecule has 7 nitrogen and oxygen atoms in total. The molecule has 106 valence electrons. The van der Waals surface area contributed by atoms with Gasteiger partial charge in [0.25, 0.3) is 0 Å². The fourth-order valence-electron chi connectivity index (χ4n) is 2.51. The number of nitrogens with zero attached hydrogens (tertiary/aromatic N) is 4. The van der Waals surface area contributed by atoms with Crippen molar-refractivity contribution in [2.75, 3.05) is 23.5 Å². The molecule has 0 aliphatic heterocycles. The van der Waals surface area contributed by atoms with Crippen molar-refractivity contribution in [1.29, 1.82) is 0 Å². The molecule has 1 saturated carbocycles. The second kappa shape index (κ2) is 6.51. The summed E-state index contributed by atoms with van der Waals surface area (Å²) in [6, 6.07) is 0.824. The number of hydrogen-bond acceptors (Lipinski definition) is 7. The quantitative estimate of drug-likeness (QED) is 0.593. The van der Waals surface area contributed by atoms with Gasteiger partial charge in [0.15, 0.2) is 0 Å². The summed E-state index contributed by atoms with van der Waals surface area (Å²) in [5.41, 5.74) is 2.47. The summed E-state index contributed by atoms with van der Waals surface area (Å²) >= 11 is 0. The van der Waals surface area contributed by atoms with E-state index >= 15 is 0 Å². The maximum atomic E-state index is 5.40. The van der Waals surface area contributed by atoms with E-state index in [1.165, 1.54) is 25.7 Å². The molecule has 0 spiro atoms. The number of nitrogens with two attached hydrogens (primary N) is 1. The molecule has 0 amide bonds. The Balaban J connectivity index is 2.26. The maximum absolute atomic E-state index is 5.40. The molecular weight excluding hydrogens is 244 g/mol. The first kappa shape index (κ1) is 13.8. The van der Waals surface area contributed by atoms with E-state index in [1.54, 1.807) is 0 Å². The highest BCUT2D eigenvalue weighted by atomic mass is 16.5. The minimum Gasteiger partial charge on any atom is -0.464 e. The number of aromatic nitrogens is 3. The van der Waals surface area contributed by atoms with Crippen LogP contribution >= 0.6 is 0 Å². The van der Waals surface area contributed by atoms with Crippen molar-refractivity contribution in [3.63, 3.8) is 0 Å². The van der Waals surface area contributed by atoms with Gasteiger partial charge >= 0.3 is 6.01 Å². The predicted molar refractivity (Wildman–Crippen MR) is 74.1 cm³/mol. The summed E-state index contributed by atoms with van der Waals surface area (Å²) in [5, 5.41) is 0. The van der Waals surface area contributed by atoms with E-state index in [1.807, 2.05) is 6.92 Å². The van der Waals surface area contributed by atoms with Crippen LogP contribution in [0.15, 0.2) is 0 Å². The average Bonchev–Trinajstić information content (AvgIpc) is 2.93. The van der Waals surface area contributed by atoms with Crippen LogP contribution in [0.2, 0.25) is 0 Å². The summed E-state index contributed by atoms with van der Waals surface area (Å²) < 4.78 is 5.36. The molecule has 1 aromatic heterocycles. The molecule has 2 rings (SSSR count). The molecule has 1 heterocycles. The molecule has 0 saturated heterocycles. The summed E-state index contributed by atoms with van der Waals surface area (Å²) in [7, 11) is 0. The van der Waals surface area contributed by atoms with Crippen molar-refractivity contribution in [3.05, 3.63) is 0 Å². The molecule has 0 bridgehead atoms. The molecule has 7 heteroatoms. The normalized spacial score (nSPS) is 15.5. The van der Waals surface area contributed by atoms with Crippen molar-refractivity contribution in [2.45, 2.75) is 45.6 Å². The van der Waals surface area contributed by atoms with Crippen molar-refractivity contribution in [3.8, 4) is 6.01 Å². The number of ether oxygens (including phenoxy) is 1. The van der Waals surface area contributed by atoms with E-state index in [0.29, 0.717) is 30.6 Å². The van der Waals surface area contributed by atoms with Crippen molar-refractivity contribution < 1.29 is 4.74 Å². The molecule has 0 unspecified atom stereocenters.